The maximum Gasteiger partial charge on any atom is 0.148 e. The van der Waals surface area contributed by atoms with Gasteiger partial charge in [0.15, 0.2) is 0 Å². The van der Waals surface area contributed by atoms with Crippen molar-refractivity contribution >= 4 is 23.4 Å². The molecule has 1 atom stereocenters. The van der Waals surface area contributed by atoms with Crippen molar-refractivity contribution in [3.05, 3.63) is 11.4 Å². The van der Waals surface area contributed by atoms with Crippen LogP contribution < -0.4 is 16.2 Å². The Hall–Kier alpha value is -1.01. The highest BCUT2D eigenvalue weighted by atomic mass is 32.2. The summed E-state index contributed by atoms with van der Waals surface area (Å²) in [7, 11) is 2.10. The van der Waals surface area contributed by atoms with E-state index in [-0.39, 0.29) is 0 Å². The second kappa shape index (κ2) is 7.55. The van der Waals surface area contributed by atoms with Gasteiger partial charge in [-0.15, -0.1) is 0 Å². The Labute approximate surface area is 120 Å². The van der Waals surface area contributed by atoms with Crippen molar-refractivity contribution in [2.45, 2.75) is 39.7 Å². The Kier molecular flexibility index (Phi) is 6.37. The first-order chi connectivity index (χ1) is 9.08. The van der Waals surface area contributed by atoms with E-state index in [4.69, 9.17) is 5.84 Å². The van der Waals surface area contributed by atoms with Gasteiger partial charge >= 0.3 is 0 Å². The maximum absolute atomic E-state index is 5.55. The number of aryl methyl sites for hydroxylation is 1. The zero-order valence-corrected chi connectivity index (χ0v) is 13.3. The zero-order chi connectivity index (χ0) is 14.4. The Bertz CT molecular complexity index is 410. The number of thioether (sulfide) groups is 1. The number of aromatic nitrogens is 2. The first-order valence-electron chi connectivity index (χ1n) is 6.64. The van der Waals surface area contributed by atoms with E-state index in [0.29, 0.717) is 11.9 Å². The molecule has 0 aromatic carbocycles. The van der Waals surface area contributed by atoms with Crippen LogP contribution in [0.25, 0.3) is 0 Å². The number of hydrazine groups is 1. The van der Waals surface area contributed by atoms with E-state index >= 15 is 0 Å². The van der Waals surface area contributed by atoms with E-state index in [0.717, 1.165) is 35.8 Å². The van der Waals surface area contributed by atoms with Crippen LogP contribution in [-0.2, 0) is 6.42 Å². The molecule has 1 unspecified atom stereocenters. The Balaban J connectivity index is 3.16. The molecule has 0 aliphatic carbocycles. The average Bonchev–Trinajstić information content (AvgIpc) is 2.44. The molecule has 0 saturated carbocycles. The monoisotopic (exact) mass is 283 g/mol. The van der Waals surface area contributed by atoms with Gasteiger partial charge in [-0.2, -0.15) is 11.8 Å². The van der Waals surface area contributed by atoms with Crippen molar-refractivity contribution < 1.29 is 0 Å². The van der Waals surface area contributed by atoms with Crippen molar-refractivity contribution in [3.63, 3.8) is 0 Å². The molecular formula is C13H25N5S. The van der Waals surface area contributed by atoms with E-state index < -0.39 is 0 Å². The lowest BCUT2D eigenvalue weighted by molar-refractivity contribution is 0.661. The van der Waals surface area contributed by atoms with Crippen molar-refractivity contribution in [1.82, 2.24) is 9.97 Å². The highest BCUT2D eigenvalue weighted by Gasteiger charge is 2.19. The smallest absolute Gasteiger partial charge is 0.148 e. The number of hydrogen-bond acceptors (Lipinski definition) is 6. The topological polar surface area (TPSA) is 67.1 Å². The molecule has 0 amide bonds. The standard InChI is InChI=1S/C13H25N5S/c1-6-10(8-19-5)18(4)13-9(3)12(17-14)15-11(7-2)16-13/h10H,6-8,14H2,1-5H3,(H,15,16,17). The van der Waals surface area contributed by atoms with Gasteiger partial charge in [0.2, 0.25) is 0 Å². The molecule has 3 N–H and O–H groups in total. The quantitative estimate of drug-likeness (QED) is 0.591. The molecule has 0 radical (unpaired) electrons. The van der Waals surface area contributed by atoms with Crippen molar-refractivity contribution in [1.29, 1.82) is 0 Å². The van der Waals surface area contributed by atoms with Gasteiger partial charge in [-0.05, 0) is 19.6 Å². The number of nitrogens with two attached hydrogens (primary N) is 1. The third kappa shape index (κ3) is 3.73. The minimum Gasteiger partial charge on any atom is -0.355 e. The Morgan fingerprint density at radius 1 is 1.37 bits per heavy atom. The number of rotatable bonds is 7. The van der Waals surface area contributed by atoms with Crippen molar-refractivity contribution in [2.24, 2.45) is 5.84 Å². The van der Waals surface area contributed by atoms with Gasteiger partial charge in [0.1, 0.15) is 17.5 Å². The maximum atomic E-state index is 5.55. The second-order valence-electron chi connectivity index (χ2n) is 4.56. The molecule has 6 heteroatoms. The summed E-state index contributed by atoms with van der Waals surface area (Å²) in [4.78, 5) is 11.3. The van der Waals surface area contributed by atoms with Crippen LogP contribution in [0.3, 0.4) is 0 Å². The SMILES string of the molecule is CCc1nc(NN)c(C)c(N(C)C(CC)CSC)n1. The minimum atomic E-state index is 0.471. The van der Waals surface area contributed by atoms with Gasteiger partial charge in [0.05, 0.1) is 0 Å². The number of nitrogen functional groups attached to an aromatic ring is 1. The molecule has 108 valence electrons. The molecule has 19 heavy (non-hydrogen) atoms. The van der Waals surface area contributed by atoms with E-state index in [2.05, 4.69) is 40.5 Å². The van der Waals surface area contributed by atoms with Crippen LogP contribution in [0, 0.1) is 6.92 Å². The molecule has 1 rings (SSSR count). The van der Waals surface area contributed by atoms with Crippen LogP contribution >= 0.6 is 11.8 Å². The van der Waals surface area contributed by atoms with Crippen molar-refractivity contribution in [2.75, 3.05) is 29.4 Å². The predicted molar refractivity (Wildman–Crippen MR) is 84.8 cm³/mol. The Morgan fingerprint density at radius 2 is 2.05 bits per heavy atom. The van der Waals surface area contributed by atoms with E-state index in [1.807, 2.05) is 25.6 Å². The summed E-state index contributed by atoms with van der Waals surface area (Å²) in [5, 5.41) is 0. The van der Waals surface area contributed by atoms with Crippen molar-refractivity contribution in [3.8, 4) is 0 Å². The normalized spacial score (nSPS) is 12.3. The summed E-state index contributed by atoms with van der Waals surface area (Å²) in [5.41, 5.74) is 3.67. The lowest BCUT2D eigenvalue weighted by atomic mass is 10.2. The first kappa shape index (κ1) is 16.0. The molecule has 0 spiro atoms. The second-order valence-corrected chi connectivity index (χ2v) is 5.47. The fourth-order valence-corrected chi connectivity index (χ4v) is 2.90. The molecule has 0 saturated heterocycles. The van der Waals surface area contributed by atoms with E-state index in [1.165, 1.54) is 0 Å². The molecule has 0 aliphatic heterocycles. The fourth-order valence-electron chi connectivity index (χ4n) is 2.06. The van der Waals surface area contributed by atoms with Crippen LogP contribution in [0.4, 0.5) is 11.6 Å². The lowest BCUT2D eigenvalue weighted by Crippen LogP contribution is -2.35. The van der Waals surface area contributed by atoms with E-state index in [1.54, 1.807) is 0 Å². The predicted octanol–water partition coefficient (Wildman–Crippen LogP) is 2.21. The van der Waals surface area contributed by atoms with Crippen LogP contribution in [0.5, 0.6) is 0 Å². The largest absolute Gasteiger partial charge is 0.355 e. The highest BCUT2D eigenvalue weighted by Crippen LogP contribution is 2.25. The third-order valence-corrected chi connectivity index (χ3v) is 4.05. The number of nitrogens with zero attached hydrogens (tertiary/aromatic N) is 3. The van der Waals surface area contributed by atoms with Gasteiger partial charge < -0.3 is 10.3 Å². The zero-order valence-electron chi connectivity index (χ0n) is 12.5. The molecule has 1 aromatic rings. The summed E-state index contributed by atoms with van der Waals surface area (Å²) in [6, 6.07) is 0.471. The van der Waals surface area contributed by atoms with Gasteiger partial charge in [-0.3, -0.25) is 0 Å². The van der Waals surface area contributed by atoms with Crippen LogP contribution in [-0.4, -0.2) is 35.1 Å². The van der Waals surface area contributed by atoms with Crippen LogP contribution in [0.15, 0.2) is 0 Å². The first-order valence-corrected chi connectivity index (χ1v) is 8.04. The average molecular weight is 283 g/mol. The summed E-state index contributed by atoms with van der Waals surface area (Å²) in [5.74, 6) is 9.14. The molecule has 1 aromatic heterocycles. The van der Waals surface area contributed by atoms with Gasteiger partial charge in [0, 0.05) is 30.8 Å². The number of anilines is 2. The summed E-state index contributed by atoms with van der Waals surface area (Å²) in [6.45, 7) is 6.26. The van der Waals surface area contributed by atoms with Gasteiger partial charge in [0.25, 0.3) is 0 Å². The number of hydrogen-bond donors (Lipinski definition) is 2. The van der Waals surface area contributed by atoms with Crippen LogP contribution in [0.1, 0.15) is 31.7 Å². The summed E-state index contributed by atoms with van der Waals surface area (Å²) >= 11 is 1.86. The molecule has 5 nitrogen and oxygen atoms in total. The molecule has 0 aliphatic rings. The van der Waals surface area contributed by atoms with Crippen LogP contribution in [0.2, 0.25) is 0 Å². The highest BCUT2D eigenvalue weighted by molar-refractivity contribution is 7.98. The van der Waals surface area contributed by atoms with Gasteiger partial charge in [-0.25, -0.2) is 15.8 Å². The molecular weight excluding hydrogens is 258 g/mol. The third-order valence-electron chi connectivity index (χ3n) is 3.33. The lowest BCUT2D eigenvalue weighted by Gasteiger charge is -2.29. The van der Waals surface area contributed by atoms with Gasteiger partial charge in [-0.1, -0.05) is 13.8 Å². The Morgan fingerprint density at radius 3 is 2.53 bits per heavy atom. The summed E-state index contributed by atoms with van der Waals surface area (Å²) < 4.78 is 0. The summed E-state index contributed by atoms with van der Waals surface area (Å²) in [6.07, 6.45) is 4.02. The molecule has 1 heterocycles. The molecule has 0 bridgehead atoms. The number of nitrogens with one attached hydrogen (secondary N) is 1. The minimum absolute atomic E-state index is 0.471. The fraction of sp³-hybridized carbons (Fsp3) is 0.692. The molecule has 0 fully saturated rings. The van der Waals surface area contributed by atoms with E-state index in [9.17, 15) is 0 Å².